The van der Waals surface area contributed by atoms with Crippen molar-refractivity contribution in [2.75, 3.05) is 13.2 Å². The lowest BCUT2D eigenvalue weighted by Crippen LogP contribution is -2.44. The van der Waals surface area contributed by atoms with E-state index in [2.05, 4.69) is 28.1 Å². The van der Waals surface area contributed by atoms with E-state index in [9.17, 15) is 0 Å². The third-order valence-corrected chi connectivity index (χ3v) is 4.13. The summed E-state index contributed by atoms with van der Waals surface area (Å²) in [7, 11) is 0. The van der Waals surface area contributed by atoms with Crippen molar-refractivity contribution in [1.29, 1.82) is 0 Å². The van der Waals surface area contributed by atoms with E-state index in [0.29, 0.717) is 4.99 Å². The monoisotopic (exact) mass is 329 g/mol. The molecular formula is C14H20BrNOS. The van der Waals surface area contributed by atoms with Crippen LogP contribution in [0.25, 0.3) is 0 Å². The third-order valence-electron chi connectivity index (χ3n) is 3.21. The molecule has 1 aliphatic rings. The predicted molar refractivity (Wildman–Crippen MR) is 84.0 cm³/mol. The van der Waals surface area contributed by atoms with Crippen molar-refractivity contribution in [1.82, 2.24) is 0 Å². The van der Waals surface area contributed by atoms with Gasteiger partial charge in [0.25, 0.3) is 0 Å². The van der Waals surface area contributed by atoms with E-state index < -0.39 is 0 Å². The minimum Gasteiger partial charge on any atom is -0.393 e. The zero-order valence-corrected chi connectivity index (χ0v) is 13.3. The molecule has 0 bridgehead atoms. The van der Waals surface area contributed by atoms with E-state index >= 15 is 0 Å². The standard InChI is InChI=1S/C12H14BrNOS.C2H6/c13-10-3-1-9(2-4-10)12(11(14)16)5-7-15-8-6-12;1-2/h1-4H,5-8H2,(H2,14,16);1-2H3. The lowest BCUT2D eigenvalue weighted by atomic mass is 9.74. The number of hydrogen-bond acceptors (Lipinski definition) is 2. The molecule has 1 aliphatic heterocycles. The fourth-order valence-corrected chi connectivity index (χ4v) is 2.75. The molecule has 2 nitrogen and oxygen atoms in total. The van der Waals surface area contributed by atoms with Crippen LogP contribution in [0.3, 0.4) is 0 Å². The van der Waals surface area contributed by atoms with E-state index in [1.165, 1.54) is 5.56 Å². The minimum absolute atomic E-state index is 0.172. The number of nitrogens with two attached hydrogens (primary N) is 1. The lowest BCUT2D eigenvalue weighted by Gasteiger charge is -2.36. The molecule has 2 rings (SSSR count). The number of halogens is 1. The molecule has 1 aromatic carbocycles. The smallest absolute Gasteiger partial charge is 0.0836 e. The van der Waals surface area contributed by atoms with Gasteiger partial charge in [0.05, 0.1) is 4.99 Å². The highest BCUT2D eigenvalue weighted by Crippen LogP contribution is 2.35. The van der Waals surface area contributed by atoms with Crippen molar-refractivity contribution >= 4 is 33.1 Å². The molecule has 0 atom stereocenters. The van der Waals surface area contributed by atoms with E-state index in [0.717, 1.165) is 30.5 Å². The van der Waals surface area contributed by atoms with Gasteiger partial charge < -0.3 is 10.5 Å². The Balaban J connectivity index is 0.000000771. The molecule has 1 fully saturated rings. The molecule has 0 aliphatic carbocycles. The maximum Gasteiger partial charge on any atom is 0.0836 e. The second-order valence-corrected chi connectivity index (χ2v) is 5.42. The van der Waals surface area contributed by atoms with E-state index in [1.807, 2.05) is 26.0 Å². The summed E-state index contributed by atoms with van der Waals surface area (Å²) in [5, 5.41) is 0. The van der Waals surface area contributed by atoms with Crippen LogP contribution in [0.1, 0.15) is 32.3 Å². The van der Waals surface area contributed by atoms with Gasteiger partial charge in [-0.3, -0.25) is 0 Å². The van der Waals surface area contributed by atoms with Crippen LogP contribution in [0, 0.1) is 0 Å². The van der Waals surface area contributed by atoms with Gasteiger partial charge in [-0.2, -0.15) is 0 Å². The fourth-order valence-electron chi connectivity index (χ4n) is 2.17. The molecule has 1 heterocycles. The fraction of sp³-hybridized carbons (Fsp3) is 0.500. The van der Waals surface area contributed by atoms with Crippen molar-refractivity contribution in [3.8, 4) is 0 Å². The number of rotatable bonds is 2. The molecule has 100 valence electrons. The average molecular weight is 330 g/mol. The van der Waals surface area contributed by atoms with Crippen molar-refractivity contribution in [2.24, 2.45) is 5.73 Å². The quantitative estimate of drug-likeness (QED) is 0.838. The van der Waals surface area contributed by atoms with Crippen molar-refractivity contribution in [3.05, 3.63) is 34.3 Å². The van der Waals surface area contributed by atoms with Gasteiger partial charge in [0.2, 0.25) is 0 Å². The number of thiocarbonyl (C=S) groups is 1. The Morgan fingerprint density at radius 3 is 2.17 bits per heavy atom. The first kappa shape index (κ1) is 15.6. The van der Waals surface area contributed by atoms with Crippen LogP contribution in [0.4, 0.5) is 0 Å². The maximum absolute atomic E-state index is 5.94. The average Bonchev–Trinajstić information content (AvgIpc) is 2.42. The largest absolute Gasteiger partial charge is 0.393 e. The zero-order chi connectivity index (χ0) is 13.6. The highest BCUT2D eigenvalue weighted by atomic mass is 79.9. The molecule has 4 heteroatoms. The summed E-state index contributed by atoms with van der Waals surface area (Å²) in [5.74, 6) is 0. The third kappa shape index (κ3) is 3.31. The summed E-state index contributed by atoms with van der Waals surface area (Å²) < 4.78 is 6.47. The van der Waals surface area contributed by atoms with Crippen molar-refractivity contribution < 1.29 is 4.74 Å². The Morgan fingerprint density at radius 2 is 1.72 bits per heavy atom. The molecule has 2 N–H and O–H groups in total. The molecule has 0 aromatic heterocycles. The topological polar surface area (TPSA) is 35.2 Å². The summed E-state index contributed by atoms with van der Waals surface area (Å²) in [4.78, 5) is 0.582. The number of benzene rings is 1. The molecule has 0 amide bonds. The van der Waals surface area contributed by atoms with Crippen LogP contribution >= 0.6 is 28.1 Å². The summed E-state index contributed by atoms with van der Waals surface area (Å²) >= 11 is 8.69. The zero-order valence-electron chi connectivity index (χ0n) is 10.9. The molecule has 1 saturated heterocycles. The van der Waals surface area contributed by atoms with Gasteiger partial charge in [-0.15, -0.1) is 0 Å². The van der Waals surface area contributed by atoms with Crippen LogP contribution < -0.4 is 5.73 Å². The summed E-state index contributed by atoms with van der Waals surface area (Å²) in [6, 6.07) is 8.25. The van der Waals surface area contributed by atoms with Gasteiger partial charge in [0, 0.05) is 23.1 Å². The Hall–Kier alpha value is -0.450. The van der Waals surface area contributed by atoms with E-state index in [1.54, 1.807) is 0 Å². The molecule has 1 aromatic rings. The molecule has 0 radical (unpaired) electrons. The second kappa shape index (κ2) is 7.22. The molecule has 0 spiro atoms. The van der Waals surface area contributed by atoms with Gasteiger partial charge in [-0.25, -0.2) is 0 Å². The van der Waals surface area contributed by atoms with Crippen LogP contribution in [0.5, 0.6) is 0 Å². The first-order valence-corrected chi connectivity index (χ1v) is 7.49. The van der Waals surface area contributed by atoms with Gasteiger partial charge >= 0.3 is 0 Å². The number of hydrogen-bond donors (Lipinski definition) is 1. The minimum atomic E-state index is -0.172. The first-order chi connectivity index (χ1) is 8.65. The van der Waals surface area contributed by atoms with Crippen LogP contribution in [-0.2, 0) is 10.2 Å². The predicted octanol–water partition coefficient (Wildman–Crippen LogP) is 3.81. The van der Waals surface area contributed by atoms with Crippen LogP contribution in [0.15, 0.2) is 28.7 Å². The second-order valence-electron chi connectivity index (χ2n) is 4.07. The highest BCUT2D eigenvalue weighted by molar-refractivity contribution is 9.10. The molecule has 18 heavy (non-hydrogen) atoms. The summed E-state index contributed by atoms with van der Waals surface area (Å²) in [5.41, 5.74) is 6.96. The van der Waals surface area contributed by atoms with E-state index in [4.69, 9.17) is 22.7 Å². The van der Waals surface area contributed by atoms with Gasteiger partial charge in [-0.05, 0) is 30.5 Å². The van der Waals surface area contributed by atoms with Crippen LogP contribution in [0.2, 0.25) is 0 Å². The van der Waals surface area contributed by atoms with Crippen molar-refractivity contribution in [3.63, 3.8) is 0 Å². The lowest BCUT2D eigenvalue weighted by molar-refractivity contribution is 0.0712. The van der Waals surface area contributed by atoms with Gasteiger partial charge in [0.15, 0.2) is 0 Å². The Labute approximate surface area is 123 Å². The Morgan fingerprint density at radius 1 is 1.22 bits per heavy atom. The molecule has 0 unspecified atom stereocenters. The van der Waals surface area contributed by atoms with Crippen LogP contribution in [-0.4, -0.2) is 18.2 Å². The summed E-state index contributed by atoms with van der Waals surface area (Å²) in [6.07, 6.45) is 1.76. The SMILES string of the molecule is CC.NC(=S)C1(c2ccc(Br)cc2)CCOCC1. The van der Waals surface area contributed by atoms with Gasteiger partial charge in [0.1, 0.15) is 0 Å². The number of ether oxygens (including phenoxy) is 1. The Bertz CT molecular complexity index is 385. The summed E-state index contributed by atoms with van der Waals surface area (Å²) in [6.45, 7) is 5.46. The van der Waals surface area contributed by atoms with Gasteiger partial charge in [-0.1, -0.05) is 54.1 Å². The first-order valence-electron chi connectivity index (χ1n) is 6.29. The van der Waals surface area contributed by atoms with Crippen molar-refractivity contribution in [2.45, 2.75) is 32.1 Å². The Kier molecular flexibility index (Phi) is 6.26. The highest BCUT2D eigenvalue weighted by Gasteiger charge is 2.37. The van der Waals surface area contributed by atoms with E-state index in [-0.39, 0.29) is 5.41 Å². The molecular weight excluding hydrogens is 310 g/mol. The molecule has 0 saturated carbocycles. The maximum atomic E-state index is 5.94. The normalized spacial score (nSPS) is 17.5.